The van der Waals surface area contributed by atoms with Crippen LogP contribution < -0.4 is 11.5 Å². The normalized spacial score (nSPS) is 10.6. The minimum atomic E-state index is -0.991. The van der Waals surface area contributed by atoms with Crippen LogP contribution in [0.2, 0.25) is 10.0 Å². The second kappa shape index (κ2) is 44.9. The van der Waals surface area contributed by atoms with E-state index in [2.05, 4.69) is 148 Å². The van der Waals surface area contributed by atoms with Crippen LogP contribution in [0, 0.1) is 39.3 Å². The third-order valence-corrected chi connectivity index (χ3v) is 22.7. The highest BCUT2D eigenvalue weighted by Gasteiger charge is 2.23. The van der Waals surface area contributed by atoms with E-state index in [9.17, 15) is 44.2 Å². The van der Waals surface area contributed by atoms with Crippen molar-refractivity contribution in [1.29, 1.82) is 0 Å². The maximum Gasteiger partial charge on any atom is 0.262 e. The first-order valence-electron chi connectivity index (χ1n) is 41.3. The molecule has 684 valence electrons. The lowest BCUT2D eigenvalue weighted by Crippen LogP contribution is -2.12. The second-order valence-corrected chi connectivity index (χ2v) is 33.2. The van der Waals surface area contributed by atoms with Crippen molar-refractivity contribution in [1.82, 2.24) is 102 Å². The van der Waals surface area contributed by atoms with Gasteiger partial charge < -0.3 is 46.6 Å². The van der Waals surface area contributed by atoms with Crippen LogP contribution >= 0.6 is 61.8 Å². The number of thiazole rings is 2. The molecule has 0 aliphatic heterocycles. The average Bonchev–Trinajstić information content (AvgIpc) is 1.66. The van der Waals surface area contributed by atoms with Gasteiger partial charge in [0.15, 0.2) is 11.6 Å². The molecule has 30 nitrogen and oxygen atoms in total. The van der Waals surface area contributed by atoms with E-state index in [0.717, 1.165) is 134 Å². The fourth-order valence-electron chi connectivity index (χ4n) is 13.5. The van der Waals surface area contributed by atoms with Gasteiger partial charge in [0, 0.05) is 134 Å². The first kappa shape index (κ1) is 95.4. The Labute approximate surface area is 801 Å². The number of halogens is 5. The summed E-state index contributed by atoms with van der Waals surface area (Å²) < 4.78 is 32.0. The van der Waals surface area contributed by atoms with Crippen LogP contribution in [0.1, 0.15) is 44.8 Å². The number of aromatic nitrogens is 20. The maximum absolute atomic E-state index is 12.9. The Morgan fingerprint density at radius 2 is 1.05 bits per heavy atom. The molecule has 0 fully saturated rings. The van der Waals surface area contributed by atoms with Crippen molar-refractivity contribution < 1.29 is 48.7 Å². The Hall–Kier alpha value is -16.7. The summed E-state index contributed by atoms with van der Waals surface area (Å²) in [7, 11) is 0. The predicted octanol–water partition coefficient (Wildman–Crippen LogP) is 23.3. The van der Waals surface area contributed by atoms with Crippen molar-refractivity contribution in [3.05, 3.63) is 349 Å². The Kier molecular flexibility index (Phi) is 31.5. The fraction of sp³-hybridized carbons (Fsp3) is 0.0606. The number of aromatic hydroxyl groups is 6. The van der Waals surface area contributed by atoms with Gasteiger partial charge in [0.1, 0.15) is 40.3 Å². The van der Waals surface area contributed by atoms with Crippen molar-refractivity contribution in [2.75, 3.05) is 5.73 Å². The van der Waals surface area contributed by atoms with E-state index in [-0.39, 0.29) is 34.3 Å². The number of nitrogens with two attached hydrogens (primary N) is 2. The summed E-state index contributed by atoms with van der Waals surface area (Å²) in [6.07, 6.45) is 8.74. The fourth-order valence-corrected chi connectivity index (χ4v) is 15.3. The SMILES string of the molecule is CCc1cc(-c2cn[nH]c2-c2cscn2)c(O)cc1O.Cc1[nH]nc(-c2ccccc2)c1C(N)=O.Cc1cc(-c2cc(Cl)ccc2N)n[nH]1.Cc1nc(-c2[nH]ncc2-c2cc(C)c(O)cc2O)cs1.Clc1ccc(-c2noc(-c3cn[nH]c3-c3ccccc3)n2)cc1.Oc1c(F)cc(F)cc1-c1ccn[nH]1.Oc1ccc(Br)cc1-c1ccn[nH]1.c1ccc(-c2cc(-c3ccccc3)[nH]n2)cc1. The summed E-state index contributed by atoms with van der Waals surface area (Å²) in [6, 6.07) is 72.8. The van der Waals surface area contributed by atoms with Crippen LogP contribution in [0.3, 0.4) is 0 Å². The molecule has 1 amide bonds. The predicted molar refractivity (Wildman–Crippen MR) is 527 cm³/mol. The number of nitrogen functional groups attached to an aromatic ring is 1. The zero-order valence-corrected chi connectivity index (χ0v) is 77.4. The molecular weight excluding hydrogens is 1880 g/mol. The number of nitrogens with zero attached hydrogens (tertiary/aromatic N) is 12. The Morgan fingerprint density at radius 1 is 0.463 bits per heavy atom. The number of H-pyrrole nitrogens is 8. The molecule has 0 aliphatic rings. The topological polar surface area (TPSA) is 485 Å². The van der Waals surface area contributed by atoms with Crippen LogP contribution in [-0.4, -0.2) is 138 Å². The zero-order valence-electron chi connectivity index (χ0n) is 72.6. The quantitative estimate of drug-likeness (QED) is 0.0424. The number of phenolic OH excluding ortho intramolecular Hbond substituents is 6. The molecule has 18 N–H and O–H groups in total. The Bertz CT molecular complexity index is 7430. The number of carbonyl (C=O) groups excluding carboxylic acids is 1. The van der Waals surface area contributed by atoms with E-state index in [1.54, 1.807) is 104 Å². The molecule has 0 radical (unpaired) electrons. The minimum absolute atomic E-state index is 0.0164. The number of hydrogen-bond acceptors (Lipinski definition) is 23. The summed E-state index contributed by atoms with van der Waals surface area (Å²) in [4.78, 5) is 24.4. The lowest BCUT2D eigenvalue weighted by atomic mass is 10.00. The lowest BCUT2D eigenvalue weighted by molar-refractivity contribution is 0.1000. The first-order valence-corrected chi connectivity index (χ1v) is 44.6. The summed E-state index contributed by atoms with van der Waals surface area (Å²) in [5.41, 5.74) is 36.0. The van der Waals surface area contributed by atoms with E-state index in [4.69, 9.17) is 39.2 Å². The highest BCUT2D eigenvalue weighted by atomic mass is 79.9. The maximum atomic E-state index is 12.9. The van der Waals surface area contributed by atoms with Crippen LogP contribution in [0.25, 0.3) is 147 Å². The van der Waals surface area contributed by atoms with Gasteiger partial charge in [0.25, 0.3) is 11.8 Å². The second-order valence-electron chi connectivity index (χ2n) is 29.7. The smallest absolute Gasteiger partial charge is 0.262 e. The van der Waals surface area contributed by atoms with E-state index in [1.807, 2.05) is 165 Å². The molecular formula is C99H83BrCl2F2N22O8S2. The Balaban J connectivity index is 0.000000125. The van der Waals surface area contributed by atoms with Gasteiger partial charge in [0.05, 0.1) is 97.2 Å². The highest BCUT2D eigenvalue weighted by molar-refractivity contribution is 9.10. The highest BCUT2D eigenvalue weighted by Crippen LogP contribution is 2.43. The Morgan fingerprint density at radius 3 is 1.65 bits per heavy atom. The molecule has 0 saturated heterocycles. The van der Waals surface area contributed by atoms with Gasteiger partial charge >= 0.3 is 0 Å². The number of aryl methyl sites for hydroxylation is 5. The summed E-state index contributed by atoms with van der Waals surface area (Å²) in [5.74, 6) is -1.39. The number of phenols is 6. The van der Waals surface area contributed by atoms with Gasteiger partial charge in [-0.05, 0) is 154 Å². The van der Waals surface area contributed by atoms with E-state index < -0.39 is 23.3 Å². The number of anilines is 1. The average molecular weight is 1960 g/mol. The van der Waals surface area contributed by atoms with Crippen LogP contribution in [0.4, 0.5) is 14.5 Å². The lowest BCUT2D eigenvalue weighted by Gasteiger charge is -2.09. The molecule has 0 spiro atoms. The van der Waals surface area contributed by atoms with Crippen LogP contribution in [-0.2, 0) is 6.42 Å². The van der Waals surface area contributed by atoms with Gasteiger partial charge in [0.2, 0.25) is 5.82 Å². The van der Waals surface area contributed by atoms with E-state index >= 15 is 0 Å². The zero-order chi connectivity index (χ0) is 95.9. The van der Waals surface area contributed by atoms with Gasteiger partial charge in [-0.15, -0.1) is 22.7 Å². The number of rotatable bonds is 15. The van der Waals surface area contributed by atoms with E-state index in [1.165, 1.54) is 35.7 Å². The molecule has 37 heteroatoms. The van der Waals surface area contributed by atoms with Crippen molar-refractivity contribution in [3.63, 3.8) is 0 Å². The first-order chi connectivity index (χ1) is 65.8. The van der Waals surface area contributed by atoms with E-state index in [0.29, 0.717) is 79.3 Å². The molecule has 10 aromatic carbocycles. The number of nitrogens with one attached hydrogen (secondary N) is 8. The standard InChI is InChI=1S/C17H11ClN4O.C15H12N2.2C14H13N3O2S.C11H11N3O.C10H10ClN3.C9H7BrN2O.C9H6F2N2O/c18-13-8-6-12(7-9-13)16-20-17(23-22-16)14-10-19-21-15(14)11-4-2-1-3-5-11;1-3-7-12(8-4-1)14-11-15(17-16-14)13-9-5-2-6-10-13;1-7-3-9(13(19)4-12(7)18)10-5-15-17-14(10)11-6-20-8(2)16-11;1-2-8-3-9(13(19)4-12(8)18)10-5-16-17-14(10)11-6-20-7-15-11;1-7-9(11(12)15)10(14-13-7)8-5-3-2-4-6-8;1-6-4-10(14-13-6)8-5-7(11)2-3-9(8)12;10-6-1-2-9(13)7(5-6)8-3-4-11-12-8;10-5-3-6(8-1-2-12-13-8)9(14)7(11)4-5/h1-10H,(H,19,21);1-11H,(H,16,17);3-6,18-19H,1-2H3,(H,15,17);3-7,18-19H,2H2,1H3,(H,16,17);2-6H,1H3,(H2,12,15)(H,13,14);2-5H,12H2,1H3,(H,13,14);1-5,13H,(H,11,12);1-4,14H,(H,12,13). The van der Waals surface area contributed by atoms with Gasteiger partial charge in [-0.3, -0.25) is 45.6 Å². The molecule has 0 atom stereocenters. The number of benzene rings is 10. The van der Waals surface area contributed by atoms with Crippen LogP contribution in [0.5, 0.6) is 34.5 Å². The van der Waals surface area contributed by atoms with Crippen molar-refractivity contribution >= 4 is 73.4 Å². The third-order valence-electron chi connectivity index (χ3n) is 20.3. The minimum Gasteiger partial charge on any atom is -0.508 e. The third kappa shape index (κ3) is 24.0. The summed E-state index contributed by atoms with van der Waals surface area (Å²) >= 11 is 18.2. The van der Waals surface area contributed by atoms with Gasteiger partial charge in [-0.25, -0.2) is 18.7 Å². The largest absolute Gasteiger partial charge is 0.508 e. The number of hydrogen-bond donors (Lipinski definition) is 16. The summed E-state index contributed by atoms with van der Waals surface area (Å²) in [5, 5.41) is 124. The molecule has 0 saturated carbocycles. The molecule has 0 aliphatic carbocycles. The van der Waals surface area contributed by atoms with Crippen molar-refractivity contribution in [3.8, 4) is 181 Å². The molecule has 11 aromatic heterocycles. The molecule has 0 bridgehead atoms. The molecule has 0 unspecified atom stereocenters. The summed E-state index contributed by atoms with van der Waals surface area (Å²) in [6.45, 7) is 9.39. The monoisotopic (exact) mass is 1960 g/mol. The van der Waals surface area contributed by atoms with Crippen molar-refractivity contribution in [2.24, 2.45) is 5.73 Å². The van der Waals surface area contributed by atoms with Gasteiger partial charge in [-0.1, -0.05) is 173 Å². The molecule has 11 heterocycles. The number of amides is 1. The number of primary amides is 1. The molecule has 21 aromatic rings. The molecule has 21 rings (SSSR count). The number of aromatic amines is 8. The van der Waals surface area contributed by atoms with Crippen molar-refractivity contribution in [2.45, 2.75) is 41.0 Å². The van der Waals surface area contributed by atoms with Crippen LogP contribution in [0.15, 0.2) is 299 Å². The van der Waals surface area contributed by atoms with Gasteiger partial charge in [-0.2, -0.15) is 45.8 Å². The number of carbonyl (C=O) groups is 1. The molecule has 136 heavy (non-hydrogen) atoms.